The van der Waals surface area contributed by atoms with Crippen molar-refractivity contribution in [3.63, 3.8) is 0 Å². The lowest BCUT2D eigenvalue weighted by atomic mass is 9.81. The topological polar surface area (TPSA) is 0 Å². The number of rotatable bonds is 15. The molecule has 0 atom stereocenters. The van der Waals surface area contributed by atoms with Gasteiger partial charge in [-0.25, -0.2) is 0 Å². The third-order valence-corrected chi connectivity index (χ3v) is 7.62. The molecule has 2 aromatic rings. The molecule has 0 unspecified atom stereocenters. The summed E-state index contributed by atoms with van der Waals surface area (Å²) in [5.41, 5.74) is 13.1. The molecule has 0 radical (unpaired) electrons. The standard InChI is InChI=1S/C38H62/c1-25(2)19-33-17-15-31(35(21-27(5)6)37(33)23-29(9)10)13-14-32-16-18-34(20-26(3)4)38(24-30(11)12)36(32)22-28(7)8/h15-18,25-30H,13-14,19-24H2,1-12H3. The molecule has 0 fully saturated rings. The van der Waals surface area contributed by atoms with Crippen LogP contribution in [0.25, 0.3) is 0 Å². The highest BCUT2D eigenvalue weighted by Crippen LogP contribution is 2.31. The normalized spacial score (nSPS) is 12.4. The average Bonchev–Trinajstić information content (AvgIpc) is 2.76. The average molecular weight is 519 g/mol. The smallest absolute Gasteiger partial charge is 0.0235 e. The van der Waals surface area contributed by atoms with E-state index in [1.165, 1.54) is 38.5 Å². The van der Waals surface area contributed by atoms with E-state index in [1.807, 2.05) is 0 Å². The van der Waals surface area contributed by atoms with Crippen LogP contribution in [0.4, 0.5) is 0 Å². The lowest BCUT2D eigenvalue weighted by Gasteiger charge is -2.24. The molecule has 0 amide bonds. The predicted octanol–water partition coefficient (Wildman–Crippen LogP) is 10.7. The molecule has 0 aliphatic carbocycles. The van der Waals surface area contributed by atoms with Gasteiger partial charge in [-0.15, -0.1) is 0 Å². The van der Waals surface area contributed by atoms with Crippen molar-refractivity contribution in [3.8, 4) is 0 Å². The van der Waals surface area contributed by atoms with Gasteiger partial charge in [0.1, 0.15) is 0 Å². The van der Waals surface area contributed by atoms with Gasteiger partial charge in [0.25, 0.3) is 0 Å². The molecule has 0 saturated carbocycles. The van der Waals surface area contributed by atoms with E-state index < -0.39 is 0 Å². The lowest BCUT2D eigenvalue weighted by molar-refractivity contribution is 0.591. The molecule has 0 N–H and O–H groups in total. The Morgan fingerprint density at radius 1 is 0.316 bits per heavy atom. The molecule has 0 spiro atoms. The zero-order chi connectivity index (χ0) is 28.6. The third kappa shape index (κ3) is 10.2. The molecule has 0 aromatic heterocycles. The molecule has 214 valence electrons. The van der Waals surface area contributed by atoms with Crippen LogP contribution in [0.1, 0.15) is 128 Å². The van der Waals surface area contributed by atoms with Gasteiger partial charge >= 0.3 is 0 Å². The zero-order valence-electron chi connectivity index (χ0n) is 27.4. The van der Waals surface area contributed by atoms with E-state index in [1.54, 1.807) is 44.5 Å². The van der Waals surface area contributed by atoms with Gasteiger partial charge in [-0.1, -0.05) is 107 Å². The molecule has 0 heterocycles. The van der Waals surface area contributed by atoms with E-state index in [0.29, 0.717) is 35.5 Å². The maximum Gasteiger partial charge on any atom is -0.0235 e. The first-order valence-electron chi connectivity index (χ1n) is 16.0. The second-order valence-corrected chi connectivity index (χ2v) is 14.8. The summed E-state index contributed by atoms with van der Waals surface area (Å²) in [5, 5.41) is 0. The maximum atomic E-state index is 2.50. The summed E-state index contributed by atoms with van der Waals surface area (Å²) < 4.78 is 0. The highest BCUT2D eigenvalue weighted by Gasteiger charge is 2.19. The highest BCUT2D eigenvalue weighted by molar-refractivity contribution is 5.45. The Bertz CT molecular complexity index is 902. The molecular formula is C38H62. The first-order chi connectivity index (χ1) is 17.8. The molecule has 0 saturated heterocycles. The molecule has 38 heavy (non-hydrogen) atoms. The summed E-state index contributed by atoms with van der Waals surface area (Å²) >= 11 is 0. The summed E-state index contributed by atoms with van der Waals surface area (Å²) in [4.78, 5) is 0. The summed E-state index contributed by atoms with van der Waals surface area (Å²) in [6.45, 7) is 28.6. The van der Waals surface area contributed by atoms with Crippen LogP contribution in [-0.2, 0) is 51.4 Å². The van der Waals surface area contributed by atoms with Crippen LogP contribution < -0.4 is 0 Å². The van der Waals surface area contributed by atoms with Crippen LogP contribution in [0.15, 0.2) is 24.3 Å². The van der Waals surface area contributed by atoms with E-state index in [0.717, 1.165) is 12.8 Å². The molecule has 2 rings (SSSR count). The van der Waals surface area contributed by atoms with Gasteiger partial charge in [0.15, 0.2) is 0 Å². The monoisotopic (exact) mass is 518 g/mol. The van der Waals surface area contributed by atoms with Crippen LogP contribution in [0, 0.1) is 35.5 Å². The van der Waals surface area contributed by atoms with Crippen molar-refractivity contribution < 1.29 is 0 Å². The Labute approximate surface area is 238 Å². The van der Waals surface area contributed by atoms with Crippen molar-refractivity contribution in [2.24, 2.45) is 35.5 Å². The van der Waals surface area contributed by atoms with Crippen LogP contribution in [-0.4, -0.2) is 0 Å². The van der Waals surface area contributed by atoms with Gasteiger partial charge in [-0.2, -0.15) is 0 Å². The first-order valence-corrected chi connectivity index (χ1v) is 16.0. The summed E-state index contributed by atoms with van der Waals surface area (Å²) in [7, 11) is 0. The van der Waals surface area contributed by atoms with Crippen molar-refractivity contribution in [3.05, 3.63) is 68.8 Å². The van der Waals surface area contributed by atoms with Gasteiger partial charge in [0.05, 0.1) is 0 Å². The fourth-order valence-corrected chi connectivity index (χ4v) is 6.23. The third-order valence-electron chi connectivity index (χ3n) is 7.62. The van der Waals surface area contributed by atoms with Crippen molar-refractivity contribution in [2.75, 3.05) is 0 Å². The molecular weight excluding hydrogens is 456 g/mol. The van der Waals surface area contributed by atoms with Gasteiger partial charge in [-0.05, 0) is 131 Å². The van der Waals surface area contributed by atoms with Crippen LogP contribution in [0.5, 0.6) is 0 Å². The summed E-state index contributed by atoms with van der Waals surface area (Å²) in [5.74, 6) is 4.12. The Balaban J connectivity index is 2.57. The lowest BCUT2D eigenvalue weighted by Crippen LogP contribution is -2.14. The molecule has 0 aliphatic rings. The Kier molecular flexibility index (Phi) is 13.1. The van der Waals surface area contributed by atoms with Crippen molar-refractivity contribution in [1.82, 2.24) is 0 Å². The molecule has 0 nitrogen and oxygen atoms in total. The fourth-order valence-electron chi connectivity index (χ4n) is 6.23. The van der Waals surface area contributed by atoms with Crippen LogP contribution in [0.3, 0.4) is 0 Å². The van der Waals surface area contributed by atoms with E-state index >= 15 is 0 Å². The van der Waals surface area contributed by atoms with E-state index in [9.17, 15) is 0 Å². The second kappa shape index (κ2) is 15.3. The van der Waals surface area contributed by atoms with Crippen LogP contribution >= 0.6 is 0 Å². The fraction of sp³-hybridized carbons (Fsp3) is 0.684. The molecule has 0 aliphatic heterocycles. The maximum absolute atomic E-state index is 2.50. The number of hydrogen-bond donors (Lipinski definition) is 0. The Hall–Kier alpha value is -1.56. The number of benzene rings is 2. The first kappa shape index (κ1) is 32.7. The Morgan fingerprint density at radius 2 is 0.526 bits per heavy atom. The largest absolute Gasteiger partial charge is 0.0625 e. The molecule has 2 aromatic carbocycles. The van der Waals surface area contributed by atoms with E-state index in [-0.39, 0.29) is 0 Å². The van der Waals surface area contributed by atoms with Gasteiger partial charge in [-0.3, -0.25) is 0 Å². The minimum Gasteiger partial charge on any atom is -0.0625 e. The van der Waals surface area contributed by atoms with E-state index in [4.69, 9.17) is 0 Å². The molecule has 0 heteroatoms. The van der Waals surface area contributed by atoms with Crippen LogP contribution in [0.2, 0.25) is 0 Å². The van der Waals surface area contributed by atoms with Crippen molar-refractivity contribution in [1.29, 1.82) is 0 Å². The van der Waals surface area contributed by atoms with Crippen molar-refractivity contribution in [2.45, 2.75) is 134 Å². The number of aryl methyl sites for hydroxylation is 2. The van der Waals surface area contributed by atoms with Gasteiger partial charge in [0, 0.05) is 0 Å². The predicted molar refractivity (Wildman–Crippen MR) is 172 cm³/mol. The Morgan fingerprint density at radius 3 is 0.763 bits per heavy atom. The van der Waals surface area contributed by atoms with Gasteiger partial charge < -0.3 is 0 Å². The minimum absolute atomic E-state index is 0.679. The SMILES string of the molecule is CC(C)Cc1ccc(CCc2ccc(CC(C)C)c(CC(C)C)c2CC(C)C)c(CC(C)C)c1CC(C)C. The zero-order valence-corrected chi connectivity index (χ0v) is 27.4. The summed E-state index contributed by atoms with van der Waals surface area (Å²) in [6, 6.07) is 9.98. The van der Waals surface area contributed by atoms with Crippen molar-refractivity contribution >= 4 is 0 Å². The second-order valence-electron chi connectivity index (χ2n) is 14.8. The van der Waals surface area contributed by atoms with Gasteiger partial charge in [0.2, 0.25) is 0 Å². The minimum atomic E-state index is 0.679. The molecule has 0 bridgehead atoms. The number of hydrogen-bond acceptors (Lipinski definition) is 0. The summed E-state index contributed by atoms with van der Waals surface area (Å²) in [6.07, 6.45) is 9.53. The highest BCUT2D eigenvalue weighted by atomic mass is 14.2. The van der Waals surface area contributed by atoms with E-state index in [2.05, 4.69) is 107 Å². The quantitative estimate of drug-likeness (QED) is 0.220.